The third kappa shape index (κ3) is 4.09. The Hall–Kier alpha value is -2.59. The number of nitrogens with zero attached hydrogens (tertiary/aromatic N) is 5. The average Bonchev–Trinajstić information content (AvgIpc) is 3.07. The van der Waals surface area contributed by atoms with Gasteiger partial charge < -0.3 is 19.4 Å². The number of nitrogens with one attached hydrogen (secondary N) is 1. The summed E-state index contributed by atoms with van der Waals surface area (Å²) in [7, 11) is 1.60. The summed E-state index contributed by atoms with van der Waals surface area (Å²) in [5.74, 6) is 0.213. The Morgan fingerprint density at radius 3 is 3.08 bits per heavy atom. The number of aryl methyl sites for hydroxylation is 1. The van der Waals surface area contributed by atoms with Gasteiger partial charge in [0.05, 0.1) is 26.3 Å². The number of carbonyl (C=O) groups excluding carboxylic acids is 1. The number of hydrogen-bond acceptors (Lipinski definition) is 7. The highest BCUT2D eigenvalue weighted by molar-refractivity contribution is 5.94. The van der Waals surface area contributed by atoms with Crippen molar-refractivity contribution < 1.29 is 14.3 Å². The van der Waals surface area contributed by atoms with Crippen molar-refractivity contribution in [2.24, 2.45) is 0 Å². The van der Waals surface area contributed by atoms with E-state index >= 15 is 0 Å². The number of aromatic nitrogens is 5. The Morgan fingerprint density at radius 1 is 1.48 bits per heavy atom. The first-order chi connectivity index (χ1) is 12.1. The molecule has 25 heavy (non-hydrogen) atoms. The number of aromatic amines is 1. The molecule has 0 bridgehead atoms. The standard InChI is InChI=1S/C15H20N6O4/c1-10-7-11(8-13(22)16-10)15(23)20-3-6-25-12(9-20)14-17-19-21(18-14)4-5-24-2/h7-8,12H,3-6,9H2,1-2H3,(H,16,22). The van der Waals surface area contributed by atoms with E-state index < -0.39 is 6.10 Å². The molecule has 1 fully saturated rings. The van der Waals surface area contributed by atoms with Gasteiger partial charge in [-0.25, -0.2) is 0 Å². The van der Waals surface area contributed by atoms with Crippen molar-refractivity contribution in [1.29, 1.82) is 0 Å². The molecule has 0 spiro atoms. The molecule has 1 saturated heterocycles. The van der Waals surface area contributed by atoms with Gasteiger partial charge in [-0.2, -0.15) is 4.80 Å². The van der Waals surface area contributed by atoms with Crippen LogP contribution < -0.4 is 5.56 Å². The lowest BCUT2D eigenvalue weighted by Crippen LogP contribution is -2.42. The van der Waals surface area contributed by atoms with Gasteiger partial charge in [0, 0.05) is 31.0 Å². The fourth-order valence-corrected chi connectivity index (χ4v) is 2.63. The lowest BCUT2D eigenvalue weighted by molar-refractivity contribution is -0.0269. The van der Waals surface area contributed by atoms with Gasteiger partial charge in [0.1, 0.15) is 6.10 Å². The van der Waals surface area contributed by atoms with Gasteiger partial charge in [-0.3, -0.25) is 9.59 Å². The van der Waals surface area contributed by atoms with E-state index in [0.29, 0.717) is 49.9 Å². The van der Waals surface area contributed by atoms with Crippen LogP contribution in [-0.2, 0) is 16.0 Å². The molecule has 0 aromatic carbocycles. The van der Waals surface area contributed by atoms with Crippen LogP contribution in [0.25, 0.3) is 0 Å². The highest BCUT2D eigenvalue weighted by atomic mass is 16.5. The number of hydrogen-bond donors (Lipinski definition) is 1. The third-order valence-electron chi connectivity index (χ3n) is 3.83. The first-order valence-electron chi connectivity index (χ1n) is 7.95. The molecule has 2 aromatic heterocycles. The topological polar surface area (TPSA) is 115 Å². The molecule has 1 aliphatic rings. The summed E-state index contributed by atoms with van der Waals surface area (Å²) in [5.41, 5.74) is 0.706. The van der Waals surface area contributed by atoms with Crippen LogP contribution in [0.4, 0.5) is 0 Å². The monoisotopic (exact) mass is 348 g/mol. The highest BCUT2D eigenvalue weighted by Gasteiger charge is 2.29. The molecule has 10 nitrogen and oxygen atoms in total. The number of methoxy groups -OCH3 is 1. The van der Waals surface area contributed by atoms with Gasteiger partial charge >= 0.3 is 0 Å². The quantitative estimate of drug-likeness (QED) is 0.776. The van der Waals surface area contributed by atoms with E-state index in [0.717, 1.165) is 0 Å². The summed E-state index contributed by atoms with van der Waals surface area (Å²) in [6.45, 7) is 3.83. The van der Waals surface area contributed by atoms with Gasteiger partial charge in [-0.05, 0) is 18.2 Å². The summed E-state index contributed by atoms with van der Waals surface area (Å²) < 4.78 is 10.7. The Bertz CT molecular complexity index is 801. The minimum Gasteiger partial charge on any atom is -0.383 e. The Kier molecular flexibility index (Phi) is 5.19. The summed E-state index contributed by atoms with van der Waals surface area (Å²) in [6.07, 6.45) is -0.447. The molecular weight excluding hydrogens is 328 g/mol. The zero-order chi connectivity index (χ0) is 17.8. The SMILES string of the molecule is COCCn1nnc(C2CN(C(=O)c3cc(C)[nH]c(=O)c3)CCO2)n1. The van der Waals surface area contributed by atoms with Gasteiger partial charge in [0.25, 0.3) is 5.91 Å². The minimum absolute atomic E-state index is 0.214. The van der Waals surface area contributed by atoms with Crippen LogP contribution in [0.15, 0.2) is 16.9 Å². The Morgan fingerprint density at radius 2 is 2.32 bits per heavy atom. The van der Waals surface area contributed by atoms with E-state index in [-0.39, 0.29) is 11.5 Å². The number of tetrazole rings is 1. The molecule has 0 radical (unpaired) electrons. The van der Waals surface area contributed by atoms with E-state index in [4.69, 9.17) is 9.47 Å². The lowest BCUT2D eigenvalue weighted by atomic mass is 10.1. The molecule has 1 aliphatic heterocycles. The van der Waals surface area contributed by atoms with Crippen LogP contribution in [0.1, 0.15) is 28.0 Å². The van der Waals surface area contributed by atoms with Gasteiger partial charge in [-0.15, -0.1) is 10.2 Å². The van der Waals surface area contributed by atoms with Crippen molar-refractivity contribution in [2.75, 3.05) is 33.4 Å². The van der Waals surface area contributed by atoms with E-state index in [1.54, 1.807) is 25.0 Å². The molecule has 1 amide bonds. The molecule has 0 saturated carbocycles. The molecule has 0 aliphatic carbocycles. The minimum atomic E-state index is -0.447. The Labute approximate surface area is 143 Å². The van der Waals surface area contributed by atoms with Crippen LogP contribution in [-0.4, -0.2) is 69.4 Å². The van der Waals surface area contributed by atoms with Gasteiger partial charge in [0.15, 0.2) is 0 Å². The zero-order valence-corrected chi connectivity index (χ0v) is 14.1. The molecule has 3 rings (SSSR count). The van der Waals surface area contributed by atoms with Crippen LogP contribution >= 0.6 is 0 Å². The van der Waals surface area contributed by atoms with Crippen molar-refractivity contribution in [3.8, 4) is 0 Å². The van der Waals surface area contributed by atoms with Gasteiger partial charge in [-0.1, -0.05) is 0 Å². The first kappa shape index (κ1) is 17.2. The van der Waals surface area contributed by atoms with Crippen LogP contribution in [0.3, 0.4) is 0 Å². The second-order valence-corrected chi connectivity index (χ2v) is 5.76. The molecule has 3 heterocycles. The molecule has 1 N–H and O–H groups in total. The molecule has 2 aromatic rings. The number of H-pyrrole nitrogens is 1. The largest absolute Gasteiger partial charge is 0.383 e. The van der Waals surface area contributed by atoms with Crippen molar-refractivity contribution in [1.82, 2.24) is 30.1 Å². The van der Waals surface area contributed by atoms with Crippen molar-refractivity contribution in [3.05, 3.63) is 39.6 Å². The molecular formula is C15H20N6O4. The summed E-state index contributed by atoms with van der Waals surface area (Å²) in [6, 6.07) is 2.96. The normalized spacial score (nSPS) is 17.7. The number of rotatable bonds is 5. The number of pyridine rings is 1. The average molecular weight is 348 g/mol. The predicted octanol–water partition coefficient (Wildman–Crippen LogP) is -0.470. The summed E-state index contributed by atoms with van der Waals surface area (Å²) >= 11 is 0. The maximum atomic E-state index is 12.7. The molecule has 1 unspecified atom stereocenters. The third-order valence-corrected chi connectivity index (χ3v) is 3.83. The smallest absolute Gasteiger partial charge is 0.254 e. The molecule has 134 valence electrons. The van der Waals surface area contributed by atoms with E-state index in [1.807, 2.05) is 0 Å². The maximum absolute atomic E-state index is 12.7. The van der Waals surface area contributed by atoms with Crippen molar-refractivity contribution >= 4 is 5.91 Å². The highest BCUT2D eigenvalue weighted by Crippen LogP contribution is 2.20. The van der Waals surface area contributed by atoms with Crippen LogP contribution in [0.2, 0.25) is 0 Å². The number of carbonyl (C=O) groups is 1. The second kappa shape index (κ2) is 7.53. The predicted molar refractivity (Wildman–Crippen MR) is 86.1 cm³/mol. The fraction of sp³-hybridized carbons (Fsp3) is 0.533. The van der Waals surface area contributed by atoms with E-state index in [1.165, 1.54) is 10.9 Å². The van der Waals surface area contributed by atoms with E-state index in [9.17, 15) is 9.59 Å². The molecule has 10 heteroatoms. The zero-order valence-electron chi connectivity index (χ0n) is 14.1. The van der Waals surface area contributed by atoms with Crippen molar-refractivity contribution in [2.45, 2.75) is 19.6 Å². The molecule has 1 atom stereocenters. The summed E-state index contributed by atoms with van der Waals surface area (Å²) in [4.78, 5) is 29.9. The lowest BCUT2D eigenvalue weighted by Gasteiger charge is -2.31. The number of ether oxygens (including phenoxy) is 2. The van der Waals surface area contributed by atoms with Crippen LogP contribution in [0, 0.1) is 6.92 Å². The number of morpholine rings is 1. The van der Waals surface area contributed by atoms with Crippen molar-refractivity contribution in [3.63, 3.8) is 0 Å². The second-order valence-electron chi connectivity index (χ2n) is 5.76. The fourth-order valence-electron chi connectivity index (χ4n) is 2.63. The number of amides is 1. The van der Waals surface area contributed by atoms with E-state index in [2.05, 4.69) is 20.4 Å². The van der Waals surface area contributed by atoms with Crippen LogP contribution in [0.5, 0.6) is 0 Å². The first-order valence-corrected chi connectivity index (χ1v) is 7.95. The Balaban J connectivity index is 1.71. The maximum Gasteiger partial charge on any atom is 0.254 e. The summed E-state index contributed by atoms with van der Waals surface area (Å²) in [5, 5.41) is 12.2. The van der Waals surface area contributed by atoms with Gasteiger partial charge in [0.2, 0.25) is 11.4 Å².